The maximum Gasteiger partial charge on any atom is 0.123 e. The first-order valence-electron chi connectivity index (χ1n) is 6.25. The molecule has 0 fully saturated rings. The molecule has 19 heavy (non-hydrogen) atoms. The predicted molar refractivity (Wildman–Crippen MR) is 77.3 cm³/mol. The molecule has 0 aliphatic carbocycles. The predicted octanol–water partition coefficient (Wildman–Crippen LogP) is 0.170. The smallest absolute Gasteiger partial charge is 0.123 e. The van der Waals surface area contributed by atoms with E-state index >= 15 is 0 Å². The average molecular weight is 277 g/mol. The first-order valence-corrected chi connectivity index (χ1v) is 6.25. The summed E-state index contributed by atoms with van der Waals surface area (Å²) in [5, 5.41) is 5.58. The van der Waals surface area contributed by atoms with Gasteiger partial charge in [-0.05, 0) is 30.3 Å². The van der Waals surface area contributed by atoms with Crippen LogP contribution < -0.4 is 22.5 Å². The fourth-order valence-electron chi connectivity index (χ4n) is 2.07. The van der Waals surface area contributed by atoms with Gasteiger partial charge in [0.15, 0.2) is 0 Å². The van der Waals surface area contributed by atoms with Crippen molar-refractivity contribution in [3.8, 4) is 5.75 Å². The van der Waals surface area contributed by atoms with Crippen molar-refractivity contribution in [3.63, 3.8) is 0 Å². The summed E-state index contributed by atoms with van der Waals surface area (Å²) < 4.78 is 5.83. The van der Waals surface area contributed by atoms with E-state index in [1.54, 1.807) is 0 Å². The average Bonchev–Trinajstić information content (AvgIpc) is 2.41. The Morgan fingerprint density at radius 1 is 1.21 bits per heavy atom. The number of allylic oxidation sites excluding steroid dienone is 1. The molecule has 2 rings (SSSR count). The largest absolute Gasteiger partial charge is 1.00 e. The second-order valence-corrected chi connectivity index (χ2v) is 4.21. The summed E-state index contributed by atoms with van der Waals surface area (Å²) in [5.74, 6) is 0.962. The van der Waals surface area contributed by atoms with Crippen molar-refractivity contribution >= 4 is 10.8 Å². The number of nitrogens with one attached hydrogen (secondary N) is 1. The van der Waals surface area contributed by atoms with Crippen LogP contribution in [0.3, 0.4) is 0 Å². The van der Waals surface area contributed by atoms with E-state index < -0.39 is 0 Å². The summed E-state index contributed by atoms with van der Waals surface area (Å²) in [6.07, 6.45) is 2.75. The van der Waals surface area contributed by atoms with E-state index in [4.69, 9.17) is 4.74 Å². The molecule has 0 saturated heterocycles. The van der Waals surface area contributed by atoms with Gasteiger partial charge in [0.2, 0.25) is 0 Å². The molecule has 0 heterocycles. The molecular formula is C16H19ClNO-. The van der Waals surface area contributed by atoms with Gasteiger partial charge < -0.3 is 22.5 Å². The second-order valence-electron chi connectivity index (χ2n) is 4.21. The van der Waals surface area contributed by atoms with Gasteiger partial charge in [0.05, 0.1) is 0 Å². The van der Waals surface area contributed by atoms with Crippen LogP contribution in [-0.4, -0.2) is 20.2 Å². The summed E-state index contributed by atoms with van der Waals surface area (Å²) in [4.78, 5) is 0. The van der Waals surface area contributed by atoms with Gasteiger partial charge in [-0.25, -0.2) is 0 Å². The summed E-state index contributed by atoms with van der Waals surface area (Å²) in [7, 11) is 1.93. The number of benzene rings is 2. The molecule has 102 valence electrons. The van der Waals surface area contributed by atoms with Crippen LogP contribution >= 0.6 is 0 Å². The fourth-order valence-corrected chi connectivity index (χ4v) is 2.07. The molecule has 0 bridgehead atoms. The summed E-state index contributed by atoms with van der Waals surface area (Å²) in [6, 6.07) is 12.5. The highest BCUT2D eigenvalue weighted by atomic mass is 35.5. The molecule has 0 aromatic heterocycles. The van der Waals surface area contributed by atoms with Crippen LogP contribution in [0.5, 0.6) is 5.75 Å². The van der Waals surface area contributed by atoms with Gasteiger partial charge in [-0.3, -0.25) is 0 Å². The minimum atomic E-state index is 0. The van der Waals surface area contributed by atoms with Crippen LogP contribution in [0.15, 0.2) is 49.1 Å². The zero-order chi connectivity index (χ0) is 12.8. The first kappa shape index (κ1) is 15.5. The first-order chi connectivity index (χ1) is 8.86. The van der Waals surface area contributed by atoms with Gasteiger partial charge in [0, 0.05) is 12.1 Å². The van der Waals surface area contributed by atoms with Crippen molar-refractivity contribution in [1.29, 1.82) is 0 Å². The number of hydrogen-bond acceptors (Lipinski definition) is 2. The molecule has 2 aromatic rings. The van der Waals surface area contributed by atoms with Crippen LogP contribution in [0.2, 0.25) is 0 Å². The normalized spacial score (nSPS) is 9.95. The van der Waals surface area contributed by atoms with Crippen molar-refractivity contribution < 1.29 is 17.1 Å². The van der Waals surface area contributed by atoms with E-state index in [9.17, 15) is 0 Å². The molecular weight excluding hydrogens is 258 g/mol. The standard InChI is InChI=1S/C16H19NO.ClH/c1-3-6-15-14-8-5-4-7-13(14)9-10-16(15)18-12-11-17-2;/h3-5,7-10,17H,1,6,11-12H2,2H3;1H/p-1. The van der Waals surface area contributed by atoms with Crippen LogP contribution in [0.4, 0.5) is 0 Å². The maximum absolute atomic E-state index is 5.83. The molecule has 0 aliphatic heterocycles. The molecule has 3 heteroatoms. The summed E-state index contributed by atoms with van der Waals surface area (Å²) >= 11 is 0. The fraction of sp³-hybridized carbons (Fsp3) is 0.250. The third-order valence-corrected chi connectivity index (χ3v) is 2.96. The van der Waals surface area contributed by atoms with E-state index in [1.807, 2.05) is 13.1 Å². The molecule has 2 nitrogen and oxygen atoms in total. The Bertz CT molecular complexity index is 539. The quantitative estimate of drug-likeness (QED) is 0.600. The Balaban J connectivity index is 0.00000180. The van der Waals surface area contributed by atoms with E-state index in [0.717, 1.165) is 18.7 Å². The number of fused-ring (bicyclic) bond motifs is 1. The maximum atomic E-state index is 5.83. The van der Waals surface area contributed by atoms with Gasteiger partial charge in [-0.15, -0.1) is 6.58 Å². The Kier molecular flexibility index (Phi) is 6.40. The number of halogens is 1. The van der Waals surface area contributed by atoms with Gasteiger partial charge >= 0.3 is 0 Å². The lowest BCUT2D eigenvalue weighted by atomic mass is 10.0. The van der Waals surface area contributed by atoms with Crippen LogP contribution in [0.25, 0.3) is 10.8 Å². The van der Waals surface area contributed by atoms with Crippen molar-refractivity contribution in [3.05, 3.63) is 54.6 Å². The summed E-state index contributed by atoms with van der Waals surface area (Å²) in [5.41, 5.74) is 1.22. The van der Waals surface area contributed by atoms with Crippen molar-refractivity contribution in [2.45, 2.75) is 6.42 Å². The van der Waals surface area contributed by atoms with E-state index in [0.29, 0.717) is 6.61 Å². The van der Waals surface area contributed by atoms with E-state index in [1.165, 1.54) is 16.3 Å². The highest BCUT2D eigenvalue weighted by molar-refractivity contribution is 5.87. The monoisotopic (exact) mass is 276 g/mol. The highest BCUT2D eigenvalue weighted by Crippen LogP contribution is 2.28. The topological polar surface area (TPSA) is 21.3 Å². The van der Waals surface area contributed by atoms with Crippen molar-refractivity contribution in [1.82, 2.24) is 5.32 Å². The second kappa shape index (κ2) is 7.82. The third-order valence-electron chi connectivity index (χ3n) is 2.96. The van der Waals surface area contributed by atoms with Gasteiger partial charge in [0.25, 0.3) is 0 Å². The molecule has 2 aromatic carbocycles. The van der Waals surface area contributed by atoms with Crippen molar-refractivity contribution in [2.24, 2.45) is 0 Å². The molecule has 0 atom stereocenters. The van der Waals surface area contributed by atoms with E-state index in [-0.39, 0.29) is 12.4 Å². The molecule has 0 amide bonds. The number of rotatable bonds is 6. The molecule has 0 radical (unpaired) electrons. The number of hydrogen-bond donors (Lipinski definition) is 1. The third kappa shape index (κ3) is 3.72. The Labute approximate surface area is 120 Å². The minimum Gasteiger partial charge on any atom is -1.00 e. The Morgan fingerprint density at radius 2 is 2.00 bits per heavy atom. The highest BCUT2D eigenvalue weighted by Gasteiger charge is 2.07. The van der Waals surface area contributed by atoms with Gasteiger partial charge in [-0.2, -0.15) is 0 Å². The lowest BCUT2D eigenvalue weighted by Gasteiger charge is -2.13. The zero-order valence-corrected chi connectivity index (χ0v) is 11.9. The van der Waals surface area contributed by atoms with E-state index in [2.05, 4.69) is 48.3 Å². The molecule has 0 saturated carbocycles. The van der Waals surface area contributed by atoms with Crippen molar-refractivity contribution in [2.75, 3.05) is 20.2 Å². The van der Waals surface area contributed by atoms with Crippen LogP contribution in [0.1, 0.15) is 5.56 Å². The molecule has 1 N–H and O–H groups in total. The Hall–Kier alpha value is -1.51. The zero-order valence-electron chi connectivity index (χ0n) is 11.2. The van der Waals surface area contributed by atoms with Crippen LogP contribution in [0, 0.1) is 0 Å². The Morgan fingerprint density at radius 3 is 2.74 bits per heavy atom. The molecule has 0 unspecified atom stereocenters. The van der Waals surface area contributed by atoms with Gasteiger partial charge in [0.1, 0.15) is 12.4 Å². The summed E-state index contributed by atoms with van der Waals surface area (Å²) in [6.45, 7) is 5.36. The lowest BCUT2D eigenvalue weighted by molar-refractivity contribution is -0.00000406. The lowest BCUT2D eigenvalue weighted by Crippen LogP contribution is -3.00. The van der Waals surface area contributed by atoms with Crippen LogP contribution in [-0.2, 0) is 6.42 Å². The minimum absolute atomic E-state index is 0. The number of ether oxygens (including phenoxy) is 1. The molecule has 0 aliphatic rings. The molecule has 0 spiro atoms. The SMILES string of the molecule is C=CCc1c(OCCNC)ccc2ccccc12.[Cl-]. The number of likely N-dealkylation sites (N-methyl/N-ethyl adjacent to an activating group) is 1. The van der Waals surface area contributed by atoms with Gasteiger partial charge in [-0.1, -0.05) is 36.4 Å².